The van der Waals surface area contributed by atoms with Crippen molar-refractivity contribution in [1.29, 1.82) is 0 Å². The van der Waals surface area contributed by atoms with E-state index in [-0.39, 0.29) is 24.5 Å². The zero-order valence-corrected chi connectivity index (χ0v) is 14.4. The molecule has 3 aliphatic heterocycles. The second kappa shape index (κ2) is 6.10. The molecule has 7 nitrogen and oxygen atoms in total. The Hall–Kier alpha value is -2.38. The van der Waals surface area contributed by atoms with Crippen LogP contribution in [0.5, 0.6) is 0 Å². The number of hydrogen-bond acceptors (Lipinski definition) is 5. The molecule has 7 heteroatoms. The maximum absolute atomic E-state index is 12.7. The van der Waals surface area contributed by atoms with Gasteiger partial charge in [-0.1, -0.05) is 0 Å². The molecule has 0 spiro atoms. The summed E-state index contributed by atoms with van der Waals surface area (Å²) in [6.07, 6.45) is 4.90. The van der Waals surface area contributed by atoms with E-state index in [9.17, 15) is 9.59 Å². The molecular weight excluding hydrogens is 334 g/mol. The predicted octanol–water partition coefficient (Wildman–Crippen LogP) is 1.42. The van der Waals surface area contributed by atoms with E-state index in [0.29, 0.717) is 42.1 Å². The highest BCUT2D eigenvalue weighted by molar-refractivity contribution is 6.06. The third-order valence-corrected chi connectivity index (χ3v) is 5.71. The topological polar surface area (TPSA) is 83.8 Å². The van der Waals surface area contributed by atoms with Crippen LogP contribution in [0.2, 0.25) is 0 Å². The lowest BCUT2D eigenvalue weighted by Gasteiger charge is -2.25. The number of nitrogens with one attached hydrogen (secondary N) is 2. The number of fused-ring (bicyclic) bond motifs is 3. The van der Waals surface area contributed by atoms with Crippen molar-refractivity contribution in [3.63, 3.8) is 0 Å². The van der Waals surface area contributed by atoms with Crippen LogP contribution in [-0.4, -0.2) is 49.7 Å². The second-order valence-electron chi connectivity index (χ2n) is 7.29. The Balaban J connectivity index is 1.41. The minimum Gasteiger partial charge on any atom is -0.462 e. The number of nitrogens with zero attached hydrogens (tertiary/aromatic N) is 1. The Labute approximate surface area is 150 Å². The molecule has 2 amide bonds. The summed E-state index contributed by atoms with van der Waals surface area (Å²) in [5.74, 6) is -0.173. The molecule has 1 aromatic heterocycles. The zero-order chi connectivity index (χ0) is 17.7. The van der Waals surface area contributed by atoms with Crippen LogP contribution in [0.15, 0.2) is 28.9 Å². The second-order valence-corrected chi connectivity index (χ2v) is 7.29. The first kappa shape index (κ1) is 15.8. The van der Waals surface area contributed by atoms with Crippen molar-refractivity contribution in [2.75, 3.05) is 24.7 Å². The Morgan fingerprint density at radius 1 is 1.31 bits per heavy atom. The first-order valence-electron chi connectivity index (χ1n) is 9.15. The van der Waals surface area contributed by atoms with E-state index < -0.39 is 0 Å². The third-order valence-electron chi connectivity index (χ3n) is 5.71. The molecule has 5 rings (SSSR count). The van der Waals surface area contributed by atoms with Gasteiger partial charge in [0.1, 0.15) is 18.5 Å². The molecule has 2 N–H and O–H groups in total. The van der Waals surface area contributed by atoms with Gasteiger partial charge in [0.2, 0.25) is 0 Å². The molecule has 1 aromatic carbocycles. The molecule has 2 aromatic rings. The van der Waals surface area contributed by atoms with Crippen molar-refractivity contribution in [3.8, 4) is 0 Å². The van der Waals surface area contributed by atoms with Crippen molar-refractivity contribution in [2.24, 2.45) is 0 Å². The average Bonchev–Trinajstić information content (AvgIpc) is 3.37. The molecule has 4 heterocycles. The van der Waals surface area contributed by atoms with Crippen molar-refractivity contribution in [2.45, 2.75) is 37.4 Å². The monoisotopic (exact) mass is 355 g/mol. The van der Waals surface area contributed by atoms with Crippen molar-refractivity contribution < 1.29 is 18.7 Å². The normalized spacial score (nSPS) is 28.1. The minimum atomic E-state index is -0.0955. The third kappa shape index (κ3) is 2.59. The summed E-state index contributed by atoms with van der Waals surface area (Å²) in [6.45, 7) is 1.06. The molecule has 0 radical (unpaired) electrons. The molecule has 0 saturated carbocycles. The first-order valence-corrected chi connectivity index (χ1v) is 9.15. The summed E-state index contributed by atoms with van der Waals surface area (Å²) < 4.78 is 10.8. The maximum atomic E-state index is 12.7. The van der Waals surface area contributed by atoms with Crippen LogP contribution in [0.25, 0.3) is 11.0 Å². The van der Waals surface area contributed by atoms with Crippen molar-refractivity contribution in [1.82, 2.24) is 10.6 Å². The highest BCUT2D eigenvalue weighted by Crippen LogP contribution is 2.32. The Kier molecular flexibility index (Phi) is 3.72. The molecule has 0 aliphatic carbocycles. The Morgan fingerprint density at radius 3 is 3.00 bits per heavy atom. The molecule has 3 atom stereocenters. The number of hydrogen-bond donors (Lipinski definition) is 2. The Morgan fingerprint density at radius 2 is 2.23 bits per heavy atom. The van der Waals surface area contributed by atoms with E-state index in [1.54, 1.807) is 23.3 Å². The molecule has 3 fully saturated rings. The van der Waals surface area contributed by atoms with Gasteiger partial charge in [-0.25, -0.2) is 0 Å². The van der Waals surface area contributed by atoms with E-state index in [1.807, 2.05) is 6.07 Å². The largest absolute Gasteiger partial charge is 0.462 e. The lowest BCUT2D eigenvalue weighted by atomic mass is 9.95. The summed E-state index contributed by atoms with van der Waals surface area (Å²) in [5, 5.41) is 7.47. The van der Waals surface area contributed by atoms with Gasteiger partial charge in [-0.3, -0.25) is 9.59 Å². The molecule has 136 valence electrons. The number of benzene rings is 1. The number of carbonyl (C=O) groups excluding carboxylic acids is 2. The number of rotatable bonds is 3. The Bertz CT molecular complexity index is 877. The molecule has 2 bridgehead atoms. The fourth-order valence-electron chi connectivity index (χ4n) is 4.37. The van der Waals surface area contributed by atoms with Crippen molar-refractivity contribution in [3.05, 3.63) is 30.0 Å². The van der Waals surface area contributed by atoms with Crippen LogP contribution in [-0.2, 0) is 9.53 Å². The van der Waals surface area contributed by atoms with Gasteiger partial charge >= 0.3 is 0 Å². The van der Waals surface area contributed by atoms with Gasteiger partial charge in [0.05, 0.1) is 12.3 Å². The quantitative estimate of drug-likeness (QED) is 0.870. The summed E-state index contributed by atoms with van der Waals surface area (Å²) in [6, 6.07) is 6.50. The number of ether oxygens (including phenoxy) is 1. The van der Waals surface area contributed by atoms with Crippen LogP contribution < -0.4 is 15.5 Å². The van der Waals surface area contributed by atoms with Crippen LogP contribution in [0.3, 0.4) is 0 Å². The average molecular weight is 355 g/mol. The summed E-state index contributed by atoms with van der Waals surface area (Å²) in [5.41, 5.74) is 1.95. The smallest absolute Gasteiger partial charge is 0.253 e. The van der Waals surface area contributed by atoms with Gasteiger partial charge in [0.25, 0.3) is 11.8 Å². The van der Waals surface area contributed by atoms with E-state index in [0.717, 1.165) is 18.2 Å². The fraction of sp³-hybridized carbons (Fsp3) is 0.474. The van der Waals surface area contributed by atoms with Gasteiger partial charge in [0, 0.05) is 35.6 Å². The van der Waals surface area contributed by atoms with Gasteiger partial charge < -0.3 is 24.7 Å². The van der Waals surface area contributed by atoms with E-state index in [1.165, 1.54) is 6.42 Å². The lowest BCUT2D eigenvalue weighted by molar-refractivity contribution is -0.125. The SMILES string of the molecule is O=C(N[C@@H]1C[C@H]2CC[C@@H]1N2)c1ccc2occ(N3CCOCC3=O)c2c1. The van der Waals surface area contributed by atoms with Crippen LogP contribution in [0.4, 0.5) is 5.69 Å². The highest BCUT2D eigenvalue weighted by Gasteiger charge is 2.39. The summed E-state index contributed by atoms with van der Waals surface area (Å²) in [4.78, 5) is 26.5. The van der Waals surface area contributed by atoms with Crippen LogP contribution >= 0.6 is 0 Å². The standard InChI is InChI=1S/C19H21N3O4/c23-18-10-25-6-5-22(18)16-9-26-17-4-1-11(7-13(16)17)19(24)21-15-8-12-2-3-14(15)20-12/h1,4,7,9,12,14-15,20H,2-3,5-6,8,10H2,(H,21,24)/t12-,14+,15-/m1/s1. The minimum absolute atomic E-state index is 0.0735. The molecule has 3 aliphatic rings. The number of morpholine rings is 1. The number of furan rings is 1. The number of anilines is 1. The summed E-state index contributed by atoms with van der Waals surface area (Å²) in [7, 11) is 0. The van der Waals surface area contributed by atoms with Gasteiger partial charge in [-0.2, -0.15) is 0 Å². The molecule has 0 unspecified atom stereocenters. The number of amides is 2. The van der Waals surface area contributed by atoms with Crippen molar-refractivity contribution >= 4 is 28.5 Å². The van der Waals surface area contributed by atoms with Crippen LogP contribution in [0.1, 0.15) is 29.6 Å². The molecular formula is C19H21N3O4. The van der Waals surface area contributed by atoms with Gasteiger partial charge in [0.15, 0.2) is 0 Å². The highest BCUT2D eigenvalue weighted by atomic mass is 16.5. The maximum Gasteiger partial charge on any atom is 0.253 e. The van der Waals surface area contributed by atoms with E-state index in [2.05, 4.69) is 10.6 Å². The van der Waals surface area contributed by atoms with Gasteiger partial charge in [-0.05, 0) is 37.5 Å². The summed E-state index contributed by atoms with van der Waals surface area (Å²) >= 11 is 0. The number of carbonyl (C=O) groups is 2. The fourth-order valence-corrected chi connectivity index (χ4v) is 4.37. The lowest BCUT2D eigenvalue weighted by Crippen LogP contribution is -2.43. The predicted molar refractivity (Wildman–Crippen MR) is 95.2 cm³/mol. The zero-order valence-electron chi connectivity index (χ0n) is 14.4. The van der Waals surface area contributed by atoms with Gasteiger partial charge in [-0.15, -0.1) is 0 Å². The molecule has 26 heavy (non-hydrogen) atoms. The van der Waals surface area contributed by atoms with Crippen LogP contribution in [0, 0.1) is 0 Å². The van der Waals surface area contributed by atoms with E-state index >= 15 is 0 Å². The molecule has 3 saturated heterocycles. The first-order chi connectivity index (χ1) is 12.7. The van der Waals surface area contributed by atoms with E-state index in [4.69, 9.17) is 9.15 Å².